The molecule has 6 nitrogen and oxygen atoms in total. The van der Waals surface area contributed by atoms with Gasteiger partial charge in [-0.05, 0) is 43.0 Å². The number of sulfonamides is 1. The van der Waals surface area contributed by atoms with Gasteiger partial charge in [-0.25, -0.2) is 17.2 Å². The first-order valence-corrected chi connectivity index (χ1v) is 9.56. The number of nitrogens with one attached hydrogen (secondary N) is 1. The number of alkyl halides is 2. The second-order valence-electron chi connectivity index (χ2n) is 6.35. The van der Waals surface area contributed by atoms with Crippen LogP contribution in [-0.4, -0.2) is 50.7 Å². The van der Waals surface area contributed by atoms with Gasteiger partial charge in [0.25, 0.3) is 11.8 Å². The smallest absolute Gasteiger partial charge is 0.277 e. The Morgan fingerprint density at radius 2 is 1.81 bits per heavy atom. The molecule has 1 saturated heterocycles. The molecule has 0 unspecified atom stereocenters. The standard InChI is InChI=1S/C16H23F2N3O3S.ClH/c1-12-6-8-21(9-7-12)25(23,24)14-4-2-13(3-5-14)15(22)20-11-16(17,18)10-19;/h2-5,12H,6-11,19H2,1H3,(H,20,22);1H. The van der Waals surface area contributed by atoms with Crippen molar-refractivity contribution in [3.05, 3.63) is 29.8 Å². The fourth-order valence-electron chi connectivity index (χ4n) is 2.54. The molecule has 3 N–H and O–H groups in total. The molecule has 0 radical (unpaired) electrons. The summed E-state index contributed by atoms with van der Waals surface area (Å²) < 4.78 is 52.7. The van der Waals surface area contributed by atoms with E-state index in [4.69, 9.17) is 5.73 Å². The van der Waals surface area contributed by atoms with Crippen LogP contribution in [0.2, 0.25) is 0 Å². The maximum Gasteiger partial charge on any atom is 0.277 e. The van der Waals surface area contributed by atoms with Crippen LogP contribution in [0.4, 0.5) is 8.78 Å². The molecule has 1 amide bonds. The van der Waals surface area contributed by atoms with Crippen LogP contribution in [0.25, 0.3) is 0 Å². The molecule has 2 rings (SSSR count). The number of piperidine rings is 1. The second kappa shape index (κ2) is 9.07. The maximum atomic E-state index is 13.1. The predicted molar refractivity (Wildman–Crippen MR) is 97.2 cm³/mol. The van der Waals surface area contributed by atoms with Crippen LogP contribution in [0.1, 0.15) is 30.1 Å². The van der Waals surface area contributed by atoms with Gasteiger partial charge in [-0.1, -0.05) is 6.92 Å². The van der Waals surface area contributed by atoms with Gasteiger partial charge in [0.05, 0.1) is 18.0 Å². The summed E-state index contributed by atoms with van der Waals surface area (Å²) in [6, 6.07) is 5.28. The van der Waals surface area contributed by atoms with Crippen molar-refractivity contribution >= 4 is 28.3 Å². The Morgan fingerprint density at radius 3 is 2.31 bits per heavy atom. The summed E-state index contributed by atoms with van der Waals surface area (Å²) in [5.41, 5.74) is 5.02. The van der Waals surface area contributed by atoms with Crippen molar-refractivity contribution in [2.45, 2.75) is 30.6 Å². The molecule has 10 heteroatoms. The van der Waals surface area contributed by atoms with E-state index in [0.29, 0.717) is 19.0 Å². The first-order chi connectivity index (χ1) is 11.7. The summed E-state index contributed by atoms with van der Waals surface area (Å²) in [6.45, 7) is 1.30. The van der Waals surface area contributed by atoms with Crippen LogP contribution < -0.4 is 11.1 Å². The second-order valence-corrected chi connectivity index (χ2v) is 8.29. The quantitative estimate of drug-likeness (QED) is 0.747. The summed E-state index contributed by atoms with van der Waals surface area (Å²) >= 11 is 0. The largest absolute Gasteiger partial charge is 0.346 e. The van der Waals surface area contributed by atoms with Crippen LogP contribution in [0.3, 0.4) is 0 Å². The Kier molecular flexibility index (Phi) is 7.94. The minimum atomic E-state index is -3.60. The maximum absolute atomic E-state index is 13.1. The molecule has 0 atom stereocenters. The van der Waals surface area contributed by atoms with E-state index in [1.165, 1.54) is 28.6 Å². The van der Waals surface area contributed by atoms with Crippen LogP contribution in [-0.2, 0) is 10.0 Å². The number of amides is 1. The highest BCUT2D eigenvalue weighted by Gasteiger charge is 2.29. The average molecular weight is 412 g/mol. The molecule has 1 aliphatic rings. The van der Waals surface area contributed by atoms with E-state index in [2.05, 4.69) is 12.2 Å². The number of benzene rings is 1. The third-order valence-corrected chi connectivity index (χ3v) is 6.22. The monoisotopic (exact) mass is 411 g/mol. The summed E-state index contributed by atoms with van der Waals surface area (Å²) in [4.78, 5) is 11.9. The number of nitrogens with zero attached hydrogens (tertiary/aromatic N) is 1. The van der Waals surface area contributed by atoms with Crippen molar-refractivity contribution in [2.24, 2.45) is 11.7 Å². The first-order valence-electron chi connectivity index (χ1n) is 8.12. The zero-order chi connectivity index (χ0) is 18.7. The summed E-state index contributed by atoms with van der Waals surface area (Å²) in [5, 5.41) is 2.09. The number of hydrogen-bond acceptors (Lipinski definition) is 4. The summed E-state index contributed by atoms with van der Waals surface area (Å²) in [6.07, 6.45) is 1.63. The predicted octanol–water partition coefficient (Wildman–Crippen LogP) is 1.85. The normalized spacial score (nSPS) is 16.8. The summed E-state index contributed by atoms with van der Waals surface area (Å²) in [5.74, 6) is -3.38. The molecule has 148 valence electrons. The molecule has 0 aromatic heterocycles. The van der Waals surface area contributed by atoms with E-state index >= 15 is 0 Å². The number of hydrogen-bond donors (Lipinski definition) is 2. The fraction of sp³-hybridized carbons (Fsp3) is 0.562. The van der Waals surface area contributed by atoms with Crippen molar-refractivity contribution in [3.63, 3.8) is 0 Å². The Labute approximate surface area is 158 Å². The minimum Gasteiger partial charge on any atom is -0.346 e. The summed E-state index contributed by atoms with van der Waals surface area (Å²) in [7, 11) is -3.60. The van der Waals surface area contributed by atoms with Gasteiger partial charge in [-0.3, -0.25) is 4.79 Å². The Hall–Kier alpha value is -1.29. The number of halogens is 3. The van der Waals surface area contributed by atoms with Crippen molar-refractivity contribution in [2.75, 3.05) is 26.2 Å². The van der Waals surface area contributed by atoms with Crippen molar-refractivity contribution in [3.8, 4) is 0 Å². The lowest BCUT2D eigenvalue weighted by molar-refractivity contribution is 0.0118. The highest BCUT2D eigenvalue weighted by Crippen LogP contribution is 2.23. The topological polar surface area (TPSA) is 92.5 Å². The van der Waals surface area contributed by atoms with E-state index in [1.54, 1.807) is 0 Å². The van der Waals surface area contributed by atoms with E-state index in [0.717, 1.165) is 12.8 Å². The minimum absolute atomic E-state index is 0. The molecule has 1 heterocycles. The fourth-order valence-corrected chi connectivity index (χ4v) is 4.01. The van der Waals surface area contributed by atoms with Gasteiger partial charge in [0, 0.05) is 18.7 Å². The van der Waals surface area contributed by atoms with Gasteiger partial charge in [-0.2, -0.15) is 4.31 Å². The van der Waals surface area contributed by atoms with Crippen LogP contribution >= 0.6 is 12.4 Å². The third kappa shape index (κ3) is 5.60. The van der Waals surface area contributed by atoms with E-state index < -0.39 is 34.9 Å². The lowest BCUT2D eigenvalue weighted by Gasteiger charge is -2.29. The van der Waals surface area contributed by atoms with Gasteiger partial charge in [0.2, 0.25) is 10.0 Å². The molecule has 0 bridgehead atoms. The number of carbonyl (C=O) groups excluding carboxylic acids is 1. The molecule has 1 aliphatic heterocycles. The Morgan fingerprint density at radius 1 is 1.27 bits per heavy atom. The molecule has 26 heavy (non-hydrogen) atoms. The van der Waals surface area contributed by atoms with E-state index in [-0.39, 0.29) is 22.9 Å². The van der Waals surface area contributed by atoms with Gasteiger partial charge in [0.15, 0.2) is 0 Å². The van der Waals surface area contributed by atoms with Gasteiger partial charge < -0.3 is 11.1 Å². The highest BCUT2D eigenvalue weighted by molar-refractivity contribution is 7.89. The SMILES string of the molecule is CC1CCN(S(=O)(=O)c2ccc(C(=O)NCC(F)(F)CN)cc2)CC1.Cl. The Balaban J connectivity index is 0.00000338. The van der Waals surface area contributed by atoms with Gasteiger partial charge in [0.1, 0.15) is 0 Å². The van der Waals surface area contributed by atoms with Crippen molar-refractivity contribution in [1.82, 2.24) is 9.62 Å². The zero-order valence-corrected chi connectivity index (χ0v) is 16.1. The molecule has 1 fully saturated rings. The molecule has 1 aromatic carbocycles. The van der Waals surface area contributed by atoms with Gasteiger partial charge in [-0.15, -0.1) is 12.4 Å². The molecule has 1 aromatic rings. The van der Waals surface area contributed by atoms with Crippen LogP contribution in [0.15, 0.2) is 29.2 Å². The van der Waals surface area contributed by atoms with E-state index in [9.17, 15) is 22.0 Å². The number of rotatable bonds is 6. The molecule has 0 aliphatic carbocycles. The van der Waals surface area contributed by atoms with Gasteiger partial charge >= 0.3 is 0 Å². The van der Waals surface area contributed by atoms with Crippen LogP contribution in [0.5, 0.6) is 0 Å². The molecular formula is C16H24ClF2N3O3S. The molecular weight excluding hydrogens is 388 g/mol. The highest BCUT2D eigenvalue weighted by atomic mass is 35.5. The van der Waals surface area contributed by atoms with E-state index in [1.807, 2.05) is 0 Å². The lowest BCUT2D eigenvalue weighted by atomic mass is 10.0. The first kappa shape index (κ1) is 22.8. The molecule has 0 saturated carbocycles. The molecule has 0 spiro atoms. The van der Waals surface area contributed by atoms with Crippen LogP contribution in [0, 0.1) is 5.92 Å². The Bertz CT molecular complexity index is 706. The average Bonchev–Trinajstić information content (AvgIpc) is 2.60. The number of carbonyl (C=O) groups is 1. The lowest BCUT2D eigenvalue weighted by Crippen LogP contribution is -2.41. The van der Waals surface area contributed by atoms with Crippen molar-refractivity contribution in [1.29, 1.82) is 0 Å². The van der Waals surface area contributed by atoms with Crippen molar-refractivity contribution < 1.29 is 22.0 Å². The zero-order valence-electron chi connectivity index (χ0n) is 14.5. The number of nitrogens with two attached hydrogens (primary N) is 1. The third-order valence-electron chi connectivity index (χ3n) is 4.30.